The van der Waals surface area contributed by atoms with Gasteiger partial charge in [0, 0.05) is 24.2 Å². The molecule has 0 saturated carbocycles. The third kappa shape index (κ3) is 10.3. The zero-order valence-electron chi connectivity index (χ0n) is 18.4. The van der Waals surface area contributed by atoms with Crippen LogP contribution in [0.3, 0.4) is 0 Å². The number of nitrogens with one attached hydrogen (secondary N) is 4. The lowest BCUT2D eigenvalue weighted by Crippen LogP contribution is -2.25. The molecule has 5 N–H and O–H groups in total. The van der Waals surface area contributed by atoms with Gasteiger partial charge in [-0.25, -0.2) is 14.7 Å². The summed E-state index contributed by atoms with van der Waals surface area (Å²) in [5.74, 6) is -2.27. The summed E-state index contributed by atoms with van der Waals surface area (Å²) in [5, 5.41) is 15.6. The van der Waals surface area contributed by atoms with Crippen LogP contribution in [0.2, 0.25) is 0 Å². The molecule has 0 unspecified atom stereocenters. The second-order valence-corrected chi connectivity index (χ2v) is 7.30. The molecule has 13 heteroatoms. The molecular formula is C22H24F4N4O5. The van der Waals surface area contributed by atoms with E-state index in [1.165, 1.54) is 24.3 Å². The van der Waals surface area contributed by atoms with E-state index in [-0.39, 0.29) is 23.4 Å². The second kappa shape index (κ2) is 13.1. The van der Waals surface area contributed by atoms with Crippen molar-refractivity contribution in [1.82, 2.24) is 10.8 Å². The normalized spacial score (nSPS) is 10.9. The highest BCUT2D eigenvalue weighted by Crippen LogP contribution is 2.24. The van der Waals surface area contributed by atoms with Crippen LogP contribution in [0.15, 0.2) is 42.5 Å². The maximum Gasteiger partial charge on any atom is 0.573 e. The molecule has 4 amide bonds. The molecule has 0 fully saturated rings. The van der Waals surface area contributed by atoms with E-state index in [9.17, 15) is 31.9 Å². The Bertz CT molecular complexity index is 1020. The Morgan fingerprint density at radius 1 is 0.914 bits per heavy atom. The van der Waals surface area contributed by atoms with E-state index in [0.29, 0.717) is 19.4 Å². The van der Waals surface area contributed by atoms with Crippen molar-refractivity contribution in [1.29, 1.82) is 0 Å². The Morgan fingerprint density at radius 3 is 2.23 bits per heavy atom. The number of rotatable bonds is 11. The zero-order valence-corrected chi connectivity index (χ0v) is 18.4. The summed E-state index contributed by atoms with van der Waals surface area (Å²) < 4.78 is 54.6. The minimum absolute atomic E-state index is 0.0494. The third-order valence-electron chi connectivity index (χ3n) is 4.57. The van der Waals surface area contributed by atoms with Crippen LogP contribution in [0.5, 0.6) is 5.75 Å². The molecule has 0 aliphatic rings. The van der Waals surface area contributed by atoms with Gasteiger partial charge in [-0.05, 0) is 55.3 Å². The molecule has 0 aliphatic carbocycles. The molecule has 0 aliphatic heterocycles. The van der Waals surface area contributed by atoms with Crippen LogP contribution >= 0.6 is 0 Å². The van der Waals surface area contributed by atoms with Crippen LogP contribution in [0.1, 0.15) is 42.5 Å². The topological polar surface area (TPSA) is 129 Å². The van der Waals surface area contributed by atoms with E-state index >= 15 is 0 Å². The summed E-state index contributed by atoms with van der Waals surface area (Å²) in [6.07, 6.45) is -1.88. The molecule has 0 atom stereocenters. The number of halogens is 4. The summed E-state index contributed by atoms with van der Waals surface area (Å²) in [6, 6.07) is 7.01. The summed E-state index contributed by atoms with van der Waals surface area (Å²) in [4.78, 5) is 35.1. The zero-order chi connectivity index (χ0) is 25.8. The van der Waals surface area contributed by atoms with Crippen molar-refractivity contribution in [2.24, 2.45) is 0 Å². The highest BCUT2D eigenvalue weighted by molar-refractivity contribution is 6.00. The SMILES string of the molecule is O=C(CCCCCCNC(=O)c1ccc(NC(=O)Nc2ccc(OC(F)(F)F)cc2)c(F)c1)NO. The van der Waals surface area contributed by atoms with Crippen LogP contribution in [-0.4, -0.2) is 36.0 Å². The van der Waals surface area contributed by atoms with E-state index in [4.69, 9.17) is 5.21 Å². The summed E-state index contributed by atoms with van der Waals surface area (Å²) in [7, 11) is 0. The Hall–Kier alpha value is -3.87. The van der Waals surface area contributed by atoms with Gasteiger partial charge in [0.1, 0.15) is 11.6 Å². The van der Waals surface area contributed by atoms with E-state index in [1.54, 1.807) is 5.48 Å². The minimum atomic E-state index is -4.84. The first kappa shape index (κ1) is 27.4. The molecule has 0 heterocycles. The molecular weight excluding hydrogens is 476 g/mol. The molecule has 2 aromatic carbocycles. The van der Waals surface area contributed by atoms with Crippen molar-refractivity contribution in [3.63, 3.8) is 0 Å². The van der Waals surface area contributed by atoms with Crippen LogP contribution in [0, 0.1) is 5.82 Å². The number of carbonyl (C=O) groups is 3. The highest BCUT2D eigenvalue weighted by atomic mass is 19.4. The first-order chi connectivity index (χ1) is 16.6. The van der Waals surface area contributed by atoms with E-state index < -0.39 is 35.8 Å². The van der Waals surface area contributed by atoms with Gasteiger partial charge in [0.05, 0.1) is 5.69 Å². The van der Waals surface area contributed by atoms with Crippen LogP contribution < -0.4 is 26.2 Å². The Labute approximate surface area is 197 Å². The quantitative estimate of drug-likeness (QED) is 0.134. The van der Waals surface area contributed by atoms with Gasteiger partial charge in [0.25, 0.3) is 5.91 Å². The van der Waals surface area contributed by atoms with Gasteiger partial charge < -0.3 is 20.7 Å². The molecule has 0 saturated heterocycles. The molecule has 0 spiro atoms. The monoisotopic (exact) mass is 500 g/mol. The van der Waals surface area contributed by atoms with Gasteiger partial charge in [0.15, 0.2) is 0 Å². The standard InChI is InChI=1S/C22H24F4N4O5/c23-17-13-14(20(32)27-12-4-2-1-3-5-19(31)30-34)6-11-18(17)29-21(33)28-15-7-9-16(10-8-15)35-22(24,25)26/h6-11,13,34H,1-5,12H2,(H,27,32)(H,30,31)(H2,28,29,33). The van der Waals surface area contributed by atoms with Crippen molar-refractivity contribution in [3.8, 4) is 5.75 Å². The van der Waals surface area contributed by atoms with Gasteiger partial charge in [0.2, 0.25) is 5.91 Å². The fraction of sp³-hybridized carbons (Fsp3) is 0.318. The second-order valence-electron chi connectivity index (χ2n) is 7.30. The number of alkyl halides is 3. The molecule has 0 radical (unpaired) electrons. The van der Waals surface area contributed by atoms with Gasteiger partial charge in [-0.2, -0.15) is 0 Å². The first-order valence-electron chi connectivity index (χ1n) is 10.5. The summed E-state index contributed by atoms with van der Waals surface area (Å²) in [6.45, 7) is 0.349. The number of anilines is 2. The average Bonchev–Trinajstić information content (AvgIpc) is 2.79. The predicted molar refractivity (Wildman–Crippen MR) is 118 cm³/mol. The Balaban J connectivity index is 1.77. The number of hydrogen-bond acceptors (Lipinski definition) is 5. The van der Waals surface area contributed by atoms with E-state index in [2.05, 4.69) is 20.7 Å². The van der Waals surface area contributed by atoms with Gasteiger partial charge >= 0.3 is 12.4 Å². The molecule has 190 valence electrons. The van der Waals surface area contributed by atoms with Crippen molar-refractivity contribution < 1.29 is 41.9 Å². The predicted octanol–water partition coefficient (Wildman–Crippen LogP) is 4.55. The van der Waals surface area contributed by atoms with E-state index in [0.717, 1.165) is 31.0 Å². The molecule has 9 nitrogen and oxygen atoms in total. The fourth-order valence-corrected chi connectivity index (χ4v) is 2.91. The number of carbonyl (C=O) groups excluding carboxylic acids is 3. The third-order valence-corrected chi connectivity index (χ3v) is 4.57. The fourth-order valence-electron chi connectivity index (χ4n) is 2.91. The minimum Gasteiger partial charge on any atom is -0.406 e. The Kier molecular flexibility index (Phi) is 10.3. The lowest BCUT2D eigenvalue weighted by atomic mass is 10.1. The molecule has 2 rings (SSSR count). The number of amides is 4. The molecule has 2 aromatic rings. The largest absolute Gasteiger partial charge is 0.573 e. The van der Waals surface area contributed by atoms with Gasteiger partial charge in [-0.3, -0.25) is 14.8 Å². The van der Waals surface area contributed by atoms with Crippen molar-refractivity contribution >= 4 is 29.2 Å². The summed E-state index contributed by atoms with van der Waals surface area (Å²) in [5.41, 5.74) is 1.54. The van der Waals surface area contributed by atoms with E-state index in [1.807, 2.05) is 0 Å². The van der Waals surface area contributed by atoms with Crippen molar-refractivity contribution in [3.05, 3.63) is 53.8 Å². The number of urea groups is 1. The van der Waals surface area contributed by atoms with Crippen molar-refractivity contribution in [2.75, 3.05) is 17.2 Å². The number of benzene rings is 2. The summed E-state index contributed by atoms with van der Waals surface area (Å²) >= 11 is 0. The maximum atomic E-state index is 14.3. The first-order valence-corrected chi connectivity index (χ1v) is 10.5. The molecule has 0 bridgehead atoms. The smallest absolute Gasteiger partial charge is 0.406 e. The lowest BCUT2D eigenvalue weighted by Gasteiger charge is -2.11. The van der Waals surface area contributed by atoms with Crippen LogP contribution in [0.25, 0.3) is 0 Å². The van der Waals surface area contributed by atoms with Crippen LogP contribution in [-0.2, 0) is 4.79 Å². The van der Waals surface area contributed by atoms with Gasteiger partial charge in [-0.15, -0.1) is 13.2 Å². The average molecular weight is 500 g/mol. The highest BCUT2D eigenvalue weighted by Gasteiger charge is 2.31. The van der Waals surface area contributed by atoms with Gasteiger partial charge in [-0.1, -0.05) is 12.8 Å². The van der Waals surface area contributed by atoms with Crippen molar-refractivity contribution in [2.45, 2.75) is 38.5 Å². The van der Waals surface area contributed by atoms with Crippen LogP contribution in [0.4, 0.5) is 33.7 Å². The number of ether oxygens (including phenoxy) is 1. The lowest BCUT2D eigenvalue weighted by molar-refractivity contribution is -0.274. The number of hydrogen-bond donors (Lipinski definition) is 5. The molecule has 35 heavy (non-hydrogen) atoms. The number of hydroxylamine groups is 1. The maximum absolute atomic E-state index is 14.3. The number of unbranched alkanes of at least 4 members (excludes halogenated alkanes) is 3. The molecule has 0 aromatic heterocycles. The Morgan fingerprint density at radius 2 is 1.60 bits per heavy atom.